The van der Waals surface area contributed by atoms with Crippen molar-refractivity contribution in [3.63, 3.8) is 0 Å². The van der Waals surface area contributed by atoms with Gasteiger partial charge in [0.1, 0.15) is 5.82 Å². The van der Waals surface area contributed by atoms with Gasteiger partial charge in [-0.05, 0) is 31.4 Å². The molecule has 0 N–H and O–H groups in total. The minimum atomic E-state index is -3.68. The smallest absolute Gasteiger partial charge is 0.212 e. The third kappa shape index (κ3) is 2.06. The number of rotatable bonds is 3. The van der Waals surface area contributed by atoms with E-state index in [1.54, 1.807) is 0 Å². The highest BCUT2D eigenvalue weighted by molar-refractivity contribution is 8.15. The van der Waals surface area contributed by atoms with Gasteiger partial charge < -0.3 is 0 Å². The average Bonchev–Trinajstić information content (AvgIpc) is 2.91. The second-order valence-corrected chi connectivity index (χ2v) is 7.37. The van der Waals surface area contributed by atoms with Gasteiger partial charge in [-0.25, -0.2) is 12.8 Å². The first-order valence-electron chi connectivity index (χ1n) is 4.73. The monoisotopic (exact) mass is 282 g/mol. The molecule has 1 aliphatic carbocycles. The number of hydrogen-bond acceptors (Lipinski definition) is 2. The molecule has 0 saturated heterocycles. The van der Waals surface area contributed by atoms with Crippen LogP contribution in [0.2, 0.25) is 5.02 Å². The van der Waals surface area contributed by atoms with Gasteiger partial charge in [0.25, 0.3) is 0 Å². The highest BCUT2D eigenvalue weighted by Gasteiger charge is 2.54. The minimum Gasteiger partial charge on any atom is -0.212 e. The first-order chi connectivity index (χ1) is 7.36. The molecule has 1 aromatic rings. The summed E-state index contributed by atoms with van der Waals surface area (Å²) < 4.78 is 35.1. The van der Waals surface area contributed by atoms with Crippen molar-refractivity contribution in [3.8, 4) is 0 Å². The van der Waals surface area contributed by atoms with E-state index >= 15 is 0 Å². The number of hydrogen-bond donors (Lipinski definition) is 0. The van der Waals surface area contributed by atoms with E-state index in [9.17, 15) is 12.8 Å². The van der Waals surface area contributed by atoms with E-state index in [2.05, 4.69) is 0 Å². The lowest BCUT2D eigenvalue weighted by atomic mass is 10.1. The summed E-state index contributed by atoms with van der Waals surface area (Å²) in [5.74, 6) is -0.487. The Morgan fingerprint density at radius 2 is 2.00 bits per heavy atom. The van der Waals surface area contributed by atoms with Crippen LogP contribution in [0.4, 0.5) is 4.39 Å². The summed E-state index contributed by atoms with van der Waals surface area (Å²) >= 11 is 5.84. The van der Waals surface area contributed by atoms with Crippen molar-refractivity contribution in [2.24, 2.45) is 0 Å². The van der Waals surface area contributed by atoms with Gasteiger partial charge in [0.2, 0.25) is 9.05 Å². The summed E-state index contributed by atoms with van der Waals surface area (Å²) in [6, 6.07) is 4.28. The Morgan fingerprint density at radius 3 is 2.44 bits per heavy atom. The maximum absolute atomic E-state index is 13.5. The molecule has 0 atom stereocenters. The molecule has 0 radical (unpaired) electrons. The molecule has 88 valence electrons. The molecule has 2 rings (SSSR count). The topological polar surface area (TPSA) is 34.1 Å². The molecule has 0 amide bonds. The Balaban J connectivity index is 2.36. The molecule has 1 fully saturated rings. The Labute approximate surface area is 103 Å². The van der Waals surface area contributed by atoms with Crippen LogP contribution >= 0.6 is 22.3 Å². The molecule has 0 aromatic heterocycles. The predicted molar refractivity (Wildman–Crippen MR) is 61.9 cm³/mol. The molecule has 0 bridgehead atoms. The van der Waals surface area contributed by atoms with Crippen molar-refractivity contribution >= 4 is 31.3 Å². The second kappa shape index (κ2) is 3.86. The Bertz CT molecular complexity index is 503. The fourth-order valence-corrected chi connectivity index (χ4v) is 3.43. The van der Waals surface area contributed by atoms with E-state index in [1.807, 2.05) is 0 Å². The Kier molecular flexibility index (Phi) is 2.93. The lowest BCUT2D eigenvalue weighted by molar-refractivity contribution is 0.579. The summed E-state index contributed by atoms with van der Waals surface area (Å²) in [6.45, 7) is 0. The zero-order valence-electron chi connectivity index (χ0n) is 8.21. The first kappa shape index (κ1) is 12.1. The van der Waals surface area contributed by atoms with Crippen molar-refractivity contribution in [2.45, 2.75) is 24.0 Å². The van der Waals surface area contributed by atoms with Gasteiger partial charge in [0.15, 0.2) is 0 Å². The van der Waals surface area contributed by atoms with Crippen LogP contribution in [-0.2, 0) is 15.5 Å². The van der Waals surface area contributed by atoms with Crippen molar-refractivity contribution in [3.05, 3.63) is 34.6 Å². The van der Waals surface area contributed by atoms with Crippen LogP contribution in [0.25, 0.3) is 0 Å². The molecular formula is C10H9Cl2FO2S. The molecule has 6 heteroatoms. The fraction of sp³-hybridized carbons (Fsp3) is 0.400. The summed E-state index contributed by atoms with van der Waals surface area (Å²) in [4.78, 5) is 0. The van der Waals surface area contributed by atoms with Gasteiger partial charge in [0.05, 0.1) is 4.75 Å². The lowest BCUT2D eigenvalue weighted by Gasteiger charge is -2.12. The number of halogens is 3. The zero-order chi connectivity index (χ0) is 12.0. The van der Waals surface area contributed by atoms with E-state index < -0.39 is 19.6 Å². The highest BCUT2D eigenvalue weighted by atomic mass is 35.7. The minimum absolute atomic E-state index is 0.0460. The maximum Gasteiger partial charge on any atom is 0.238 e. The molecule has 0 heterocycles. The van der Waals surface area contributed by atoms with Gasteiger partial charge in [0, 0.05) is 21.3 Å². The second-order valence-electron chi connectivity index (χ2n) is 4.00. The SMILES string of the molecule is O=S(=O)(Cl)C1(Cc2c(F)cccc2Cl)CC1. The summed E-state index contributed by atoms with van der Waals surface area (Å²) in [7, 11) is 1.67. The van der Waals surface area contributed by atoms with E-state index in [0.29, 0.717) is 12.8 Å². The van der Waals surface area contributed by atoms with Crippen molar-refractivity contribution in [1.82, 2.24) is 0 Å². The van der Waals surface area contributed by atoms with Crippen LogP contribution < -0.4 is 0 Å². The predicted octanol–water partition coefficient (Wildman–Crippen LogP) is 3.12. The highest BCUT2D eigenvalue weighted by Crippen LogP contribution is 2.49. The molecule has 0 aliphatic heterocycles. The normalized spacial score (nSPS) is 18.4. The van der Waals surface area contributed by atoms with Crippen LogP contribution in [0.1, 0.15) is 18.4 Å². The third-order valence-corrected chi connectivity index (χ3v) is 5.81. The quantitative estimate of drug-likeness (QED) is 0.799. The molecule has 1 aliphatic rings. The van der Waals surface area contributed by atoms with Crippen molar-refractivity contribution < 1.29 is 12.8 Å². The molecular weight excluding hydrogens is 274 g/mol. The standard InChI is InChI=1S/C10H9Cl2FO2S/c11-8-2-1-3-9(13)7(8)6-10(4-5-10)16(12,14)15/h1-3H,4-6H2. The Hall–Kier alpha value is -0.320. The number of benzene rings is 1. The van der Waals surface area contributed by atoms with E-state index in [4.69, 9.17) is 22.3 Å². The van der Waals surface area contributed by atoms with Crippen LogP contribution in [0.3, 0.4) is 0 Å². The molecule has 2 nitrogen and oxygen atoms in total. The van der Waals surface area contributed by atoms with E-state index in [-0.39, 0.29) is 17.0 Å². The van der Waals surface area contributed by atoms with Gasteiger partial charge in [-0.15, -0.1) is 0 Å². The summed E-state index contributed by atoms with van der Waals surface area (Å²) in [5.41, 5.74) is 0.228. The Morgan fingerprint density at radius 1 is 1.38 bits per heavy atom. The van der Waals surface area contributed by atoms with Gasteiger partial charge in [-0.1, -0.05) is 17.7 Å². The molecule has 1 saturated carbocycles. The van der Waals surface area contributed by atoms with Crippen LogP contribution in [0, 0.1) is 5.82 Å². The molecule has 1 aromatic carbocycles. The van der Waals surface area contributed by atoms with Crippen LogP contribution in [0.15, 0.2) is 18.2 Å². The van der Waals surface area contributed by atoms with Crippen molar-refractivity contribution in [2.75, 3.05) is 0 Å². The molecule has 0 unspecified atom stereocenters. The third-order valence-electron chi connectivity index (χ3n) is 2.89. The van der Waals surface area contributed by atoms with Crippen LogP contribution in [-0.4, -0.2) is 13.2 Å². The largest absolute Gasteiger partial charge is 0.238 e. The van der Waals surface area contributed by atoms with Crippen LogP contribution in [0.5, 0.6) is 0 Å². The maximum atomic E-state index is 13.5. The van der Waals surface area contributed by atoms with Crippen molar-refractivity contribution in [1.29, 1.82) is 0 Å². The van der Waals surface area contributed by atoms with E-state index in [1.165, 1.54) is 18.2 Å². The van der Waals surface area contributed by atoms with Gasteiger partial charge in [-0.3, -0.25) is 0 Å². The average molecular weight is 283 g/mol. The molecule has 0 spiro atoms. The van der Waals surface area contributed by atoms with Gasteiger partial charge in [-0.2, -0.15) is 0 Å². The lowest BCUT2D eigenvalue weighted by Crippen LogP contribution is -2.21. The summed E-state index contributed by atoms with van der Waals surface area (Å²) in [5, 5.41) is 0.242. The van der Waals surface area contributed by atoms with Gasteiger partial charge >= 0.3 is 0 Å². The molecule has 16 heavy (non-hydrogen) atoms. The summed E-state index contributed by atoms with van der Waals surface area (Å²) in [6.07, 6.45) is 0.970. The fourth-order valence-electron chi connectivity index (χ4n) is 1.67. The first-order valence-corrected chi connectivity index (χ1v) is 7.42. The van der Waals surface area contributed by atoms with E-state index in [0.717, 1.165) is 0 Å². The zero-order valence-corrected chi connectivity index (χ0v) is 10.5.